The van der Waals surface area contributed by atoms with Gasteiger partial charge in [-0.15, -0.1) is 0 Å². The van der Waals surface area contributed by atoms with Crippen molar-refractivity contribution in [3.05, 3.63) is 34.9 Å². The molecule has 86 valence electrons. The standard InChI is InChI=1S/C12H14O4/c1-7-3-9(5-8(2)13)6-10(4-7)11(14)12(15)16/h3-4,6,11,14H,5H2,1-2H3,(H,15,16). The number of rotatable bonds is 4. The first-order valence-corrected chi connectivity index (χ1v) is 4.91. The SMILES string of the molecule is CC(=O)Cc1cc(C)cc(C(O)C(=O)O)c1. The summed E-state index contributed by atoms with van der Waals surface area (Å²) in [5.41, 5.74) is 1.86. The molecule has 0 bridgehead atoms. The van der Waals surface area contributed by atoms with Crippen LogP contribution in [0, 0.1) is 6.92 Å². The van der Waals surface area contributed by atoms with Gasteiger partial charge in [0.05, 0.1) is 0 Å². The molecule has 0 aliphatic carbocycles. The Hall–Kier alpha value is -1.68. The monoisotopic (exact) mass is 222 g/mol. The number of benzene rings is 1. The predicted molar refractivity (Wildman–Crippen MR) is 58.2 cm³/mol. The molecule has 16 heavy (non-hydrogen) atoms. The summed E-state index contributed by atoms with van der Waals surface area (Å²) in [4.78, 5) is 21.6. The molecule has 1 atom stereocenters. The Balaban J connectivity index is 3.07. The summed E-state index contributed by atoms with van der Waals surface area (Å²) < 4.78 is 0. The van der Waals surface area contributed by atoms with Gasteiger partial charge in [-0.05, 0) is 25.0 Å². The highest BCUT2D eigenvalue weighted by Gasteiger charge is 2.16. The second-order valence-corrected chi connectivity index (χ2v) is 3.87. The van der Waals surface area contributed by atoms with Crippen LogP contribution in [0.2, 0.25) is 0 Å². The molecule has 0 aliphatic heterocycles. The third-order valence-corrected chi connectivity index (χ3v) is 2.16. The average Bonchev–Trinajstić information content (AvgIpc) is 2.14. The van der Waals surface area contributed by atoms with Gasteiger partial charge in [0.2, 0.25) is 0 Å². The van der Waals surface area contributed by atoms with Gasteiger partial charge in [0.15, 0.2) is 6.10 Å². The van der Waals surface area contributed by atoms with E-state index in [9.17, 15) is 14.7 Å². The number of carboxylic acids is 1. The molecule has 4 heteroatoms. The number of hydrogen-bond acceptors (Lipinski definition) is 3. The summed E-state index contributed by atoms with van der Waals surface area (Å²) in [7, 11) is 0. The largest absolute Gasteiger partial charge is 0.479 e. The minimum atomic E-state index is -1.54. The number of aliphatic hydroxyl groups is 1. The molecule has 1 unspecified atom stereocenters. The van der Waals surface area contributed by atoms with Crippen LogP contribution in [0.25, 0.3) is 0 Å². The van der Waals surface area contributed by atoms with Crippen LogP contribution in [0.3, 0.4) is 0 Å². The van der Waals surface area contributed by atoms with Gasteiger partial charge in [-0.1, -0.05) is 23.8 Å². The van der Waals surface area contributed by atoms with Crippen molar-refractivity contribution in [1.82, 2.24) is 0 Å². The molecule has 0 saturated heterocycles. The van der Waals surface area contributed by atoms with Gasteiger partial charge in [0.25, 0.3) is 0 Å². The molecule has 1 aromatic rings. The maximum atomic E-state index is 11.0. The number of Topliss-reactive ketones (excluding diaryl/α,β-unsaturated/α-hetero) is 1. The fourth-order valence-electron chi connectivity index (χ4n) is 1.58. The van der Waals surface area contributed by atoms with E-state index in [1.54, 1.807) is 25.1 Å². The Labute approximate surface area is 93.5 Å². The van der Waals surface area contributed by atoms with E-state index < -0.39 is 12.1 Å². The fraction of sp³-hybridized carbons (Fsp3) is 0.333. The summed E-state index contributed by atoms with van der Waals surface area (Å²) in [5.74, 6) is -1.29. The summed E-state index contributed by atoms with van der Waals surface area (Å²) in [6.07, 6.45) is -1.29. The maximum Gasteiger partial charge on any atom is 0.337 e. The maximum absolute atomic E-state index is 11.0. The lowest BCUT2D eigenvalue weighted by atomic mass is 10.00. The first-order chi connectivity index (χ1) is 7.40. The van der Waals surface area contributed by atoms with Gasteiger partial charge in [-0.3, -0.25) is 4.79 Å². The topological polar surface area (TPSA) is 74.6 Å². The molecule has 0 heterocycles. The van der Waals surface area contributed by atoms with Crippen molar-refractivity contribution in [2.24, 2.45) is 0 Å². The summed E-state index contributed by atoms with van der Waals surface area (Å²) in [6.45, 7) is 3.26. The van der Waals surface area contributed by atoms with E-state index in [0.717, 1.165) is 11.1 Å². The van der Waals surface area contributed by atoms with Crippen molar-refractivity contribution in [2.45, 2.75) is 26.4 Å². The Morgan fingerprint density at radius 2 is 1.94 bits per heavy atom. The normalized spacial score (nSPS) is 12.2. The van der Waals surface area contributed by atoms with E-state index >= 15 is 0 Å². The van der Waals surface area contributed by atoms with Crippen molar-refractivity contribution in [1.29, 1.82) is 0 Å². The van der Waals surface area contributed by atoms with Crippen LogP contribution in [0.4, 0.5) is 0 Å². The third-order valence-electron chi connectivity index (χ3n) is 2.16. The smallest absolute Gasteiger partial charge is 0.337 e. The van der Waals surface area contributed by atoms with Crippen LogP contribution >= 0.6 is 0 Å². The van der Waals surface area contributed by atoms with E-state index in [4.69, 9.17) is 5.11 Å². The van der Waals surface area contributed by atoms with E-state index in [0.29, 0.717) is 5.56 Å². The highest BCUT2D eigenvalue weighted by molar-refractivity contribution is 5.78. The van der Waals surface area contributed by atoms with Crippen LogP contribution in [0.5, 0.6) is 0 Å². The van der Waals surface area contributed by atoms with E-state index in [1.807, 2.05) is 0 Å². The van der Waals surface area contributed by atoms with Gasteiger partial charge in [-0.25, -0.2) is 4.79 Å². The average molecular weight is 222 g/mol. The van der Waals surface area contributed by atoms with Gasteiger partial charge in [-0.2, -0.15) is 0 Å². The van der Waals surface area contributed by atoms with Crippen LogP contribution in [-0.4, -0.2) is 22.0 Å². The van der Waals surface area contributed by atoms with Crippen molar-refractivity contribution < 1.29 is 19.8 Å². The zero-order valence-corrected chi connectivity index (χ0v) is 9.23. The minimum Gasteiger partial charge on any atom is -0.479 e. The van der Waals surface area contributed by atoms with Gasteiger partial charge in [0.1, 0.15) is 5.78 Å². The Morgan fingerprint density at radius 3 is 2.44 bits per heavy atom. The van der Waals surface area contributed by atoms with E-state index in [-0.39, 0.29) is 12.2 Å². The van der Waals surface area contributed by atoms with Gasteiger partial charge in [0, 0.05) is 6.42 Å². The Morgan fingerprint density at radius 1 is 1.31 bits per heavy atom. The van der Waals surface area contributed by atoms with E-state index in [1.165, 1.54) is 6.92 Å². The second-order valence-electron chi connectivity index (χ2n) is 3.87. The highest BCUT2D eigenvalue weighted by atomic mass is 16.4. The molecular weight excluding hydrogens is 208 g/mol. The Kier molecular flexibility index (Phi) is 3.79. The predicted octanol–water partition coefficient (Wildman–Crippen LogP) is 1.24. The molecule has 4 nitrogen and oxygen atoms in total. The molecule has 0 fully saturated rings. The van der Waals surface area contributed by atoms with Crippen molar-refractivity contribution >= 4 is 11.8 Å². The highest BCUT2D eigenvalue weighted by Crippen LogP contribution is 2.18. The number of carbonyl (C=O) groups excluding carboxylic acids is 1. The second kappa shape index (κ2) is 4.90. The molecule has 0 amide bonds. The first kappa shape index (κ1) is 12.4. The lowest BCUT2D eigenvalue weighted by Crippen LogP contribution is -2.11. The number of carbonyl (C=O) groups is 2. The summed E-state index contributed by atoms with van der Waals surface area (Å²) in [6, 6.07) is 4.95. The van der Waals surface area contributed by atoms with Crippen LogP contribution in [0.15, 0.2) is 18.2 Å². The molecular formula is C12H14O4. The van der Waals surface area contributed by atoms with Gasteiger partial charge >= 0.3 is 5.97 Å². The minimum absolute atomic E-state index is 0.00126. The molecule has 0 aliphatic rings. The van der Waals surface area contributed by atoms with Gasteiger partial charge < -0.3 is 10.2 Å². The number of aliphatic hydroxyl groups excluding tert-OH is 1. The van der Waals surface area contributed by atoms with Crippen LogP contribution in [0.1, 0.15) is 29.7 Å². The fourth-order valence-corrected chi connectivity index (χ4v) is 1.58. The van der Waals surface area contributed by atoms with Crippen molar-refractivity contribution in [2.75, 3.05) is 0 Å². The molecule has 0 aromatic heterocycles. The lowest BCUT2D eigenvalue weighted by molar-refractivity contribution is -0.146. The molecule has 0 saturated carbocycles. The third kappa shape index (κ3) is 3.17. The molecule has 1 aromatic carbocycles. The molecule has 2 N–H and O–H groups in total. The van der Waals surface area contributed by atoms with Crippen molar-refractivity contribution in [3.63, 3.8) is 0 Å². The molecule has 0 radical (unpaired) electrons. The van der Waals surface area contributed by atoms with Crippen molar-refractivity contribution in [3.8, 4) is 0 Å². The number of ketones is 1. The lowest BCUT2D eigenvalue weighted by Gasteiger charge is -2.09. The number of aliphatic carboxylic acids is 1. The molecule has 0 spiro atoms. The summed E-state index contributed by atoms with van der Waals surface area (Å²) in [5, 5.41) is 18.1. The summed E-state index contributed by atoms with van der Waals surface area (Å²) >= 11 is 0. The number of carboxylic acid groups (broad SMARTS) is 1. The number of hydrogen-bond donors (Lipinski definition) is 2. The Bertz CT molecular complexity index is 423. The number of aryl methyl sites for hydroxylation is 1. The molecule has 1 rings (SSSR count). The quantitative estimate of drug-likeness (QED) is 0.803. The first-order valence-electron chi connectivity index (χ1n) is 4.91. The zero-order valence-electron chi connectivity index (χ0n) is 9.23. The van der Waals surface area contributed by atoms with Crippen LogP contribution < -0.4 is 0 Å². The van der Waals surface area contributed by atoms with Crippen LogP contribution in [-0.2, 0) is 16.0 Å². The zero-order chi connectivity index (χ0) is 12.3. The van der Waals surface area contributed by atoms with E-state index in [2.05, 4.69) is 0 Å².